The van der Waals surface area contributed by atoms with Crippen LogP contribution in [0.1, 0.15) is 38.7 Å². The molecule has 8 heteroatoms. The molecule has 0 bridgehead atoms. The van der Waals surface area contributed by atoms with Gasteiger partial charge in [0.1, 0.15) is 29.9 Å². The van der Waals surface area contributed by atoms with E-state index in [9.17, 15) is 18.0 Å². The Morgan fingerprint density at radius 3 is 2.19 bits per heavy atom. The fourth-order valence-electron chi connectivity index (χ4n) is 3.87. The summed E-state index contributed by atoms with van der Waals surface area (Å²) in [5.41, 5.74) is -0.720. The van der Waals surface area contributed by atoms with Crippen LogP contribution in [-0.4, -0.2) is 42.7 Å². The summed E-state index contributed by atoms with van der Waals surface area (Å²) in [6, 6.07) is 11.3. The van der Waals surface area contributed by atoms with E-state index in [1.807, 2.05) is 6.92 Å². The lowest BCUT2D eigenvalue weighted by Crippen LogP contribution is -2.46. The molecule has 1 aliphatic rings. The van der Waals surface area contributed by atoms with Crippen molar-refractivity contribution in [1.82, 2.24) is 4.90 Å². The summed E-state index contributed by atoms with van der Waals surface area (Å²) in [5, 5.41) is 0. The maximum Gasteiger partial charge on any atom is 0.416 e. The van der Waals surface area contributed by atoms with E-state index < -0.39 is 11.7 Å². The molecule has 174 valence electrons. The molecule has 0 N–H and O–H groups in total. The van der Waals surface area contributed by atoms with Gasteiger partial charge in [-0.15, -0.1) is 0 Å². The lowest BCUT2D eigenvalue weighted by molar-refractivity contribution is -0.150. The van der Waals surface area contributed by atoms with Crippen LogP contribution in [0.3, 0.4) is 0 Å². The van der Waals surface area contributed by atoms with Gasteiger partial charge in [-0.3, -0.25) is 9.69 Å². The van der Waals surface area contributed by atoms with Crippen LogP contribution in [0.25, 0.3) is 0 Å². The number of alkyl halides is 3. The molecule has 1 fully saturated rings. The van der Waals surface area contributed by atoms with Crippen LogP contribution < -0.4 is 9.47 Å². The molecule has 32 heavy (non-hydrogen) atoms. The minimum Gasteiger partial charge on any atom is -0.492 e. The van der Waals surface area contributed by atoms with Crippen molar-refractivity contribution in [2.24, 2.45) is 0 Å². The summed E-state index contributed by atoms with van der Waals surface area (Å²) < 4.78 is 54.7. The predicted octanol–water partition coefficient (Wildman–Crippen LogP) is 5.68. The summed E-state index contributed by atoms with van der Waals surface area (Å²) in [7, 11) is 0. The van der Waals surface area contributed by atoms with E-state index in [-0.39, 0.29) is 18.1 Å². The zero-order chi connectivity index (χ0) is 23.1. The zero-order valence-corrected chi connectivity index (χ0v) is 18.2. The number of carbonyl (C=O) groups excluding carboxylic acids is 1. The SMILES string of the molecule is CCOC(=O)C(CC)N1CCC[C@H]1COc1ccc(Oc2ccc(C(F)(F)F)cc2)cc1. The van der Waals surface area contributed by atoms with Crippen molar-refractivity contribution in [1.29, 1.82) is 0 Å². The molecule has 2 aromatic carbocycles. The van der Waals surface area contributed by atoms with Crippen LogP contribution >= 0.6 is 0 Å². The molecule has 1 aliphatic heterocycles. The summed E-state index contributed by atoms with van der Waals surface area (Å²) in [5.74, 6) is 1.28. The smallest absolute Gasteiger partial charge is 0.416 e. The number of carbonyl (C=O) groups is 1. The first-order valence-electron chi connectivity index (χ1n) is 10.8. The Kier molecular flexibility index (Phi) is 8.01. The van der Waals surface area contributed by atoms with Gasteiger partial charge in [0.25, 0.3) is 0 Å². The predicted molar refractivity (Wildman–Crippen MR) is 114 cm³/mol. The van der Waals surface area contributed by atoms with Gasteiger partial charge in [-0.2, -0.15) is 13.2 Å². The molecule has 0 spiro atoms. The molecule has 2 aromatic rings. The Labute approximate surface area is 186 Å². The van der Waals surface area contributed by atoms with Gasteiger partial charge in [0, 0.05) is 6.04 Å². The fourth-order valence-corrected chi connectivity index (χ4v) is 3.87. The van der Waals surface area contributed by atoms with Gasteiger partial charge in [-0.25, -0.2) is 0 Å². The van der Waals surface area contributed by atoms with Crippen molar-refractivity contribution in [2.75, 3.05) is 19.8 Å². The summed E-state index contributed by atoms with van der Waals surface area (Å²) >= 11 is 0. The first-order chi connectivity index (χ1) is 15.3. The van der Waals surface area contributed by atoms with E-state index >= 15 is 0 Å². The maximum absolute atomic E-state index is 12.7. The first kappa shape index (κ1) is 23.9. The van der Waals surface area contributed by atoms with Crippen LogP contribution in [-0.2, 0) is 15.7 Å². The van der Waals surface area contributed by atoms with Crippen LogP contribution in [0.15, 0.2) is 48.5 Å². The zero-order valence-electron chi connectivity index (χ0n) is 18.2. The molecule has 1 unspecified atom stereocenters. The minimum atomic E-state index is -4.38. The number of rotatable bonds is 9. The van der Waals surface area contributed by atoms with E-state index in [0.717, 1.165) is 31.5 Å². The van der Waals surface area contributed by atoms with E-state index in [1.54, 1.807) is 31.2 Å². The third-order valence-corrected chi connectivity index (χ3v) is 5.45. The average molecular weight is 451 g/mol. The normalized spacial score (nSPS) is 17.7. The Morgan fingerprint density at radius 2 is 1.62 bits per heavy atom. The van der Waals surface area contributed by atoms with E-state index in [2.05, 4.69) is 4.90 Å². The van der Waals surface area contributed by atoms with Gasteiger partial charge in [-0.1, -0.05) is 6.92 Å². The van der Waals surface area contributed by atoms with E-state index in [4.69, 9.17) is 14.2 Å². The number of ether oxygens (including phenoxy) is 3. The standard InChI is InChI=1S/C24H28F3NO4/c1-3-22(23(29)30-4-2)28-15-5-6-18(28)16-31-19-11-13-21(14-12-19)32-20-9-7-17(8-10-20)24(25,26)27/h7-14,18,22H,3-6,15-16H2,1-2H3/t18-,22?/m0/s1. The largest absolute Gasteiger partial charge is 0.492 e. The Hall–Kier alpha value is -2.74. The van der Waals surface area contributed by atoms with Gasteiger partial charge in [0.05, 0.1) is 12.2 Å². The monoisotopic (exact) mass is 451 g/mol. The fraction of sp³-hybridized carbons (Fsp3) is 0.458. The molecule has 0 aliphatic carbocycles. The third kappa shape index (κ3) is 6.16. The highest BCUT2D eigenvalue weighted by atomic mass is 19.4. The number of hydrogen-bond acceptors (Lipinski definition) is 5. The maximum atomic E-state index is 12.7. The number of esters is 1. The number of nitrogens with zero attached hydrogens (tertiary/aromatic N) is 1. The molecular formula is C24H28F3NO4. The van der Waals surface area contributed by atoms with E-state index in [0.29, 0.717) is 36.9 Å². The van der Waals surface area contributed by atoms with Crippen LogP contribution in [0.5, 0.6) is 17.2 Å². The molecular weight excluding hydrogens is 423 g/mol. The van der Waals surface area contributed by atoms with Gasteiger partial charge in [0.15, 0.2) is 0 Å². The molecule has 0 saturated carbocycles. The highest BCUT2D eigenvalue weighted by Crippen LogP contribution is 2.32. The second-order valence-corrected chi connectivity index (χ2v) is 7.62. The van der Waals surface area contributed by atoms with Gasteiger partial charge < -0.3 is 14.2 Å². The van der Waals surface area contributed by atoms with Crippen molar-refractivity contribution in [3.8, 4) is 17.2 Å². The topological polar surface area (TPSA) is 48.0 Å². The van der Waals surface area contributed by atoms with Crippen LogP contribution in [0.2, 0.25) is 0 Å². The van der Waals surface area contributed by atoms with Crippen LogP contribution in [0, 0.1) is 0 Å². The average Bonchev–Trinajstić information content (AvgIpc) is 3.22. The van der Waals surface area contributed by atoms with Crippen molar-refractivity contribution in [3.05, 3.63) is 54.1 Å². The summed E-state index contributed by atoms with van der Waals surface area (Å²) in [6.07, 6.45) is -1.74. The number of hydrogen-bond donors (Lipinski definition) is 0. The minimum absolute atomic E-state index is 0.132. The number of benzene rings is 2. The van der Waals surface area contributed by atoms with Gasteiger partial charge in [0.2, 0.25) is 0 Å². The summed E-state index contributed by atoms with van der Waals surface area (Å²) in [6.45, 7) is 5.44. The van der Waals surface area contributed by atoms with Gasteiger partial charge >= 0.3 is 12.1 Å². The number of halogens is 3. The van der Waals surface area contributed by atoms with Crippen molar-refractivity contribution in [2.45, 2.75) is 51.4 Å². The first-order valence-corrected chi connectivity index (χ1v) is 10.8. The molecule has 1 heterocycles. The third-order valence-electron chi connectivity index (χ3n) is 5.45. The second kappa shape index (κ2) is 10.7. The van der Waals surface area contributed by atoms with Crippen LogP contribution in [0.4, 0.5) is 13.2 Å². The molecule has 1 saturated heterocycles. The number of likely N-dealkylation sites (tertiary alicyclic amines) is 1. The Bertz CT molecular complexity index is 868. The summed E-state index contributed by atoms with van der Waals surface area (Å²) in [4.78, 5) is 14.4. The molecule has 2 atom stereocenters. The molecule has 0 radical (unpaired) electrons. The van der Waals surface area contributed by atoms with E-state index in [1.165, 1.54) is 12.1 Å². The molecule has 3 rings (SSSR count). The quantitative estimate of drug-likeness (QED) is 0.459. The lowest BCUT2D eigenvalue weighted by Gasteiger charge is -2.30. The van der Waals surface area contributed by atoms with Gasteiger partial charge in [-0.05, 0) is 81.3 Å². The molecule has 0 aromatic heterocycles. The van der Waals surface area contributed by atoms with Crippen molar-refractivity contribution in [3.63, 3.8) is 0 Å². The lowest BCUT2D eigenvalue weighted by atomic mass is 10.1. The molecule has 5 nitrogen and oxygen atoms in total. The van der Waals surface area contributed by atoms with Crippen molar-refractivity contribution >= 4 is 5.97 Å². The second-order valence-electron chi connectivity index (χ2n) is 7.62. The Morgan fingerprint density at radius 1 is 1.03 bits per heavy atom. The highest BCUT2D eigenvalue weighted by molar-refractivity contribution is 5.75. The van der Waals surface area contributed by atoms with Crippen molar-refractivity contribution < 1.29 is 32.2 Å². The molecule has 0 amide bonds. The highest BCUT2D eigenvalue weighted by Gasteiger charge is 2.35. The Balaban J connectivity index is 1.54.